The predicted molar refractivity (Wildman–Crippen MR) is 124 cm³/mol. The van der Waals surface area contributed by atoms with Crippen LogP contribution < -0.4 is 10.1 Å². The number of benzene rings is 1. The number of hydrogen-bond donors (Lipinski definition) is 1. The van der Waals surface area contributed by atoms with Gasteiger partial charge in [0.1, 0.15) is 18.0 Å². The van der Waals surface area contributed by atoms with Gasteiger partial charge in [-0.05, 0) is 62.3 Å². The lowest BCUT2D eigenvalue weighted by molar-refractivity contribution is -0.140. The summed E-state index contributed by atoms with van der Waals surface area (Å²) in [4.78, 5) is 15.4. The van der Waals surface area contributed by atoms with Crippen LogP contribution in [0, 0.1) is 11.8 Å². The van der Waals surface area contributed by atoms with Gasteiger partial charge in [-0.2, -0.15) is 0 Å². The summed E-state index contributed by atoms with van der Waals surface area (Å²) < 4.78 is 11.9. The van der Waals surface area contributed by atoms with Crippen LogP contribution in [0.1, 0.15) is 66.7 Å². The lowest BCUT2D eigenvalue weighted by atomic mass is 9.92. The van der Waals surface area contributed by atoms with Gasteiger partial charge in [-0.1, -0.05) is 40.5 Å². The molecule has 5 heteroatoms. The Morgan fingerprint density at radius 2 is 1.77 bits per heavy atom. The van der Waals surface area contributed by atoms with E-state index in [0.717, 1.165) is 68.6 Å². The van der Waals surface area contributed by atoms with E-state index in [2.05, 4.69) is 37.9 Å². The predicted octanol–water partition coefficient (Wildman–Crippen LogP) is 5.36. The molecule has 0 aliphatic carbocycles. The third-order valence-corrected chi connectivity index (χ3v) is 5.85. The van der Waals surface area contributed by atoms with Gasteiger partial charge in [-0.3, -0.25) is 9.69 Å². The zero-order chi connectivity index (χ0) is 22.0. The van der Waals surface area contributed by atoms with Gasteiger partial charge in [0.2, 0.25) is 0 Å². The molecule has 2 rings (SSSR count). The maximum Gasteiger partial charge on any atom is 0.256 e. The number of likely N-dealkylation sites (tertiary alicyclic amines) is 1. The summed E-state index contributed by atoms with van der Waals surface area (Å²) in [6.07, 6.45) is 4.96. The zero-order valence-electron chi connectivity index (χ0n) is 19.7. The number of piperidine rings is 1. The smallest absolute Gasteiger partial charge is 0.256 e. The van der Waals surface area contributed by atoms with Gasteiger partial charge in [-0.25, -0.2) is 0 Å². The van der Waals surface area contributed by atoms with Crippen molar-refractivity contribution in [3.05, 3.63) is 24.3 Å². The average Bonchev–Trinajstić information content (AvgIpc) is 2.71. The van der Waals surface area contributed by atoms with E-state index in [1.54, 1.807) is 0 Å². The van der Waals surface area contributed by atoms with Crippen LogP contribution in [0.4, 0.5) is 5.69 Å². The third-order valence-electron chi connectivity index (χ3n) is 5.85. The van der Waals surface area contributed by atoms with Crippen LogP contribution in [0.25, 0.3) is 0 Å². The number of rotatable bonds is 12. The first-order valence-electron chi connectivity index (χ1n) is 11.8. The first-order chi connectivity index (χ1) is 14.4. The Balaban J connectivity index is 1.83. The second-order valence-corrected chi connectivity index (χ2v) is 9.22. The molecule has 3 atom stereocenters. The molecular formula is C25H42N2O3. The maximum absolute atomic E-state index is 12.9. The molecule has 1 fully saturated rings. The van der Waals surface area contributed by atoms with Gasteiger partial charge < -0.3 is 14.8 Å². The van der Waals surface area contributed by atoms with Gasteiger partial charge in [0.15, 0.2) is 0 Å². The van der Waals surface area contributed by atoms with Crippen molar-refractivity contribution in [1.82, 2.24) is 4.90 Å². The van der Waals surface area contributed by atoms with Gasteiger partial charge >= 0.3 is 0 Å². The summed E-state index contributed by atoms with van der Waals surface area (Å²) in [6.45, 7) is 15.3. The molecular weight excluding hydrogens is 376 g/mol. The van der Waals surface area contributed by atoms with Gasteiger partial charge in [0, 0.05) is 31.9 Å². The third kappa shape index (κ3) is 7.92. The number of ether oxygens (including phenoxy) is 2. The first-order valence-corrected chi connectivity index (χ1v) is 11.8. The van der Waals surface area contributed by atoms with Crippen molar-refractivity contribution in [3.63, 3.8) is 0 Å². The highest BCUT2D eigenvalue weighted by molar-refractivity contribution is 5.97. The van der Waals surface area contributed by atoms with E-state index in [1.807, 2.05) is 31.2 Å². The Labute approximate surface area is 183 Å². The Morgan fingerprint density at radius 3 is 2.37 bits per heavy atom. The molecule has 1 saturated heterocycles. The molecule has 1 aromatic carbocycles. The quantitative estimate of drug-likeness (QED) is 0.497. The van der Waals surface area contributed by atoms with Crippen molar-refractivity contribution in [2.75, 3.05) is 38.2 Å². The van der Waals surface area contributed by atoms with Crippen LogP contribution in [0.5, 0.6) is 5.75 Å². The molecule has 0 spiro atoms. The highest BCUT2D eigenvalue weighted by Gasteiger charge is 2.33. The van der Waals surface area contributed by atoms with Crippen LogP contribution in [0.15, 0.2) is 24.3 Å². The zero-order valence-corrected chi connectivity index (χ0v) is 19.7. The lowest BCUT2D eigenvalue weighted by Gasteiger charge is -2.34. The largest absolute Gasteiger partial charge is 0.492 e. The number of unbranched alkanes of at least 4 members (excludes halogenated alkanes) is 1. The van der Waals surface area contributed by atoms with Gasteiger partial charge in [-0.15, -0.1) is 0 Å². The molecule has 1 aliphatic rings. The van der Waals surface area contributed by atoms with Crippen LogP contribution in [0.3, 0.4) is 0 Å². The standard InChI is InChI=1S/C25H42N2O3/c1-6-8-13-25(5,30-15-7-2)24(28)26-22-9-11-23(12-10-22)29-16-14-27-18-20(3)17-21(4)19-27/h9-12,20-21H,6-8,13-19H2,1-5H3,(H,26,28)/t20-,21+,25-/m0/s1. The highest BCUT2D eigenvalue weighted by atomic mass is 16.5. The average molecular weight is 419 g/mol. The van der Waals surface area contributed by atoms with Crippen molar-refractivity contribution in [2.45, 2.75) is 72.3 Å². The van der Waals surface area contributed by atoms with Crippen LogP contribution in [-0.4, -0.2) is 49.3 Å². The summed E-state index contributed by atoms with van der Waals surface area (Å²) in [5.41, 5.74) is -0.0157. The second-order valence-electron chi connectivity index (χ2n) is 9.22. The van der Waals surface area contributed by atoms with Crippen molar-refractivity contribution in [1.29, 1.82) is 0 Å². The van der Waals surface area contributed by atoms with Crippen molar-refractivity contribution in [2.24, 2.45) is 11.8 Å². The van der Waals surface area contributed by atoms with Crippen LogP contribution >= 0.6 is 0 Å². The molecule has 0 aromatic heterocycles. The van der Waals surface area contributed by atoms with Crippen molar-refractivity contribution < 1.29 is 14.3 Å². The molecule has 30 heavy (non-hydrogen) atoms. The Kier molecular flexibility index (Phi) is 10.1. The lowest BCUT2D eigenvalue weighted by Crippen LogP contribution is -2.43. The van der Waals surface area contributed by atoms with E-state index >= 15 is 0 Å². The van der Waals surface area contributed by atoms with E-state index in [0.29, 0.717) is 13.2 Å². The SMILES string of the molecule is CCCC[C@](C)(OCCC)C(=O)Nc1ccc(OCCN2C[C@H](C)C[C@H](C)C2)cc1. The Hall–Kier alpha value is -1.59. The van der Waals surface area contributed by atoms with Crippen LogP contribution in [-0.2, 0) is 9.53 Å². The number of hydrogen-bond acceptors (Lipinski definition) is 4. The van der Waals surface area contributed by atoms with Crippen molar-refractivity contribution in [3.8, 4) is 5.75 Å². The number of nitrogens with one attached hydrogen (secondary N) is 1. The molecule has 1 aromatic rings. The summed E-state index contributed by atoms with van der Waals surface area (Å²) in [5, 5.41) is 3.02. The van der Waals surface area contributed by atoms with Gasteiger partial charge in [0.25, 0.3) is 5.91 Å². The molecule has 5 nitrogen and oxygen atoms in total. The monoisotopic (exact) mass is 418 g/mol. The summed E-state index contributed by atoms with van der Waals surface area (Å²) in [5.74, 6) is 2.29. The molecule has 170 valence electrons. The fourth-order valence-electron chi connectivity index (χ4n) is 4.26. The van der Waals surface area contributed by atoms with E-state index < -0.39 is 5.60 Å². The summed E-state index contributed by atoms with van der Waals surface area (Å²) in [7, 11) is 0. The number of carbonyl (C=O) groups is 1. The molecule has 0 bridgehead atoms. The number of carbonyl (C=O) groups excluding carboxylic acids is 1. The minimum absolute atomic E-state index is 0.0774. The molecule has 1 N–H and O–H groups in total. The minimum Gasteiger partial charge on any atom is -0.492 e. The van der Waals surface area contributed by atoms with E-state index in [4.69, 9.17) is 9.47 Å². The fraction of sp³-hybridized carbons (Fsp3) is 0.720. The minimum atomic E-state index is -0.788. The van der Waals surface area contributed by atoms with E-state index in [1.165, 1.54) is 6.42 Å². The fourth-order valence-corrected chi connectivity index (χ4v) is 4.26. The Bertz CT molecular complexity index is 614. The van der Waals surface area contributed by atoms with Crippen molar-refractivity contribution >= 4 is 11.6 Å². The summed E-state index contributed by atoms with van der Waals surface area (Å²) in [6, 6.07) is 7.65. The number of anilines is 1. The molecule has 0 saturated carbocycles. The normalized spacial score (nSPS) is 21.8. The molecule has 0 radical (unpaired) electrons. The number of amides is 1. The van der Waals surface area contributed by atoms with E-state index in [-0.39, 0.29) is 5.91 Å². The molecule has 1 amide bonds. The molecule has 1 aliphatic heterocycles. The van der Waals surface area contributed by atoms with E-state index in [9.17, 15) is 4.79 Å². The van der Waals surface area contributed by atoms with Gasteiger partial charge in [0.05, 0.1) is 0 Å². The Morgan fingerprint density at radius 1 is 1.10 bits per heavy atom. The highest BCUT2D eigenvalue weighted by Crippen LogP contribution is 2.24. The second kappa shape index (κ2) is 12.3. The topological polar surface area (TPSA) is 50.8 Å². The molecule has 0 unspecified atom stereocenters. The molecule has 1 heterocycles. The number of nitrogens with zero attached hydrogens (tertiary/aromatic N) is 1. The maximum atomic E-state index is 12.9. The first kappa shape index (κ1) is 24.7. The summed E-state index contributed by atoms with van der Waals surface area (Å²) >= 11 is 0. The van der Waals surface area contributed by atoms with Crippen LogP contribution in [0.2, 0.25) is 0 Å².